The molecule has 0 bridgehead atoms. The molecule has 31 heavy (non-hydrogen) atoms. The zero-order valence-electron chi connectivity index (χ0n) is 16.4. The maximum absolute atomic E-state index is 12.7. The zero-order chi connectivity index (χ0) is 22.5. The third-order valence-corrected chi connectivity index (χ3v) is 5.67. The van der Waals surface area contributed by atoms with E-state index in [1.54, 1.807) is 12.1 Å². The first-order chi connectivity index (χ1) is 14.7. The molecule has 8 heteroatoms. The Kier molecular flexibility index (Phi) is 7.35. The van der Waals surface area contributed by atoms with Crippen molar-refractivity contribution >= 4 is 43.7 Å². The van der Waals surface area contributed by atoms with Gasteiger partial charge in [0.1, 0.15) is 11.5 Å². The summed E-state index contributed by atoms with van der Waals surface area (Å²) in [5.74, 6) is -0.785. The van der Waals surface area contributed by atoms with Crippen LogP contribution in [0.2, 0.25) is 0 Å². The minimum atomic E-state index is -0.939. The fraction of sp³-hybridized carbons (Fsp3) is 0.130. The van der Waals surface area contributed by atoms with Crippen molar-refractivity contribution in [2.75, 3.05) is 0 Å². The lowest BCUT2D eigenvalue weighted by Crippen LogP contribution is -2.26. The van der Waals surface area contributed by atoms with Gasteiger partial charge in [-0.05, 0) is 80.2 Å². The van der Waals surface area contributed by atoms with Crippen LogP contribution in [0.25, 0.3) is 0 Å². The van der Waals surface area contributed by atoms with Crippen LogP contribution in [-0.4, -0.2) is 22.1 Å². The van der Waals surface area contributed by atoms with Crippen LogP contribution >= 0.6 is 31.9 Å². The number of halogens is 2. The summed E-state index contributed by atoms with van der Waals surface area (Å²) in [6, 6.07) is 16.9. The number of rotatable bonds is 7. The van der Waals surface area contributed by atoms with Crippen LogP contribution in [0.15, 0.2) is 69.6 Å². The minimum Gasteiger partial charge on any atom is -0.507 e. The highest BCUT2D eigenvalue weighted by Gasteiger charge is 2.18. The van der Waals surface area contributed by atoms with Crippen molar-refractivity contribution in [1.29, 1.82) is 0 Å². The van der Waals surface area contributed by atoms with E-state index in [0.29, 0.717) is 26.0 Å². The molecule has 1 atom stereocenters. The number of phenolic OH excluding ortho intramolecular Hbond substituents is 1. The first-order valence-electron chi connectivity index (χ1n) is 9.31. The summed E-state index contributed by atoms with van der Waals surface area (Å²) in [5, 5.41) is 22.0. The topological polar surface area (TPSA) is 95.9 Å². The summed E-state index contributed by atoms with van der Waals surface area (Å²) >= 11 is 6.78. The van der Waals surface area contributed by atoms with E-state index in [0.717, 1.165) is 5.56 Å². The lowest BCUT2D eigenvalue weighted by Gasteiger charge is -2.16. The van der Waals surface area contributed by atoms with E-state index in [2.05, 4.69) is 37.2 Å². The van der Waals surface area contributed by atoms with Crippen molar-refractivity contribution in [2.24, 2.45) is 0 Å². The van der Waals surface area contributed by atoms with E-state index in [4.69, 9.17) is 9.84 Å². The number of aliphatic carboxylic acids is 1. The number of aromatic hydroxyl groups is 1. The van der Waals surface area contributed by atoms with Gasteiger partial charge in [-0.2, -0.15) is 0 Å². The molecule has 3 rings (SSSR count). The number of hydrogen-bond donors (Lipinski definition) is 3. The van der Waals surface area contributed by atoms with Crippen LogP contribution in [0.4, 0.5) is 0 Å². The maximum Gasteiger partial charge on any atom is 0.307 e. The first kappa shape index (κ1) is 22.8. The lowest BCUT2D eigenvalue weighted by molar-refractivity contribution is -0.136. The number of carboxylic acid groups (broad SMARTS) is 1. The molecule has 0 radical (unpaired) electrons. The lowest BCUT2D eigenvalue weighted by atomic mass is 10.1. The molecule has 3 aromatic carbocycles. The van der Waals surface area contributed by atoms with Gasteiger partial charge in [0.05, 0.1) is 27.0 Å². The summed E-state index contributed by atoms with van der Waals surface area (Å²) in [4.78, 5) is 23.7. The van der Waals surface area contributed by atoms with Crippen molar-refractivity contribution < 1.29 is 24.5 Å². The van der Waals surface area contributed by atoms with Crippen LogP contribution in [-0.2, 0) is 11.2 Å². The zero-order valence-corrected chi connectivity index (χ0v) is 19.6. The Labute approximate surface area is 196 Å². The van der Waals surface area contributed by atoms with Crippen LogP contribution in [0.3, 0.4) is 0 Å². The van der Waals surface area contributed by atoms with Gasteiger partial charge in [0.2, 0.25) is 0 Å². The molecule has 160 valence electrons. The second-order valence-corrected chi connectivity index (χ2v) is 8.55. The standard InChI is InChI=1S/C23H19Br2NO5/c1-13(15-5-3-2-4-6-15)26-23(30)17-12-16(7-8-20(17)27)31-22-18(24)9-14(10-19(22)25)11-21(28)29/h2-10,12-13,27H,11H2,1H3,(H,26,30)(H,28,29)/t13-/m0/s1. The molecule has 0 aliphatic rings. The van der Waals surface area contributed by atoms with Gasteiger partial charge < -0.3 is 20.3 Å². The highest BCUT2D eigenvalue weighted by atomic mass is 79.9. The van der Waals surface area contributed by atoms with Crippen LogP contribution in [0.1, 0.15) is 34.5 Å². The second kappa shape index (κ2) is 9.98. The summed E-state index contributed by atoms with van der Waals surface area (Å²) in [5.41, 5.74) is 1.62. The molecule has 0 heterocycles. The molecular formula is C23H19Br2NO5. The first-order valence-corrected chi connectivity index (χ1v) is 10.9. The molecule has 3 N–H and O–H groups in total. The second-order valence-electron chi connectivity index (χ2n) is 6.85. The molecule has 0 unspecified atom stereocenters. The number of benzene rings is 3. The molecule has 0 aliphatic carbocycles. The van der Waals surface area contributed by atoms with E-state index >= 15 is 0 Å². The van der Waals surface area contributed by atoms with E-state index in [-0.39, 0.29) is 23.8 Å². The summed E-state index contributed by atoms with van der Waals surface area (Å²) in [6.07, 6.45) is -0.124. The predicted octanol–water partition coefficient (Wildman–Crippen LogP) is 5.83. The van der Waals surface area contributed by atoms with E-state index in [1.165, 1.54) is 18.2 Å². The Bertz CT molecular complexity index is 1100. The predicted molar refractivity (Wildman–Crippen MR) is 124 cm³/mol. The maximum atomic E-state index is 12.7. The smallest absolute Gasteiger partial charge is 0.307 e. The number of nitrogens with one attached hydrogen (secondary N) is 1. The van der Waals surface area contributed by atoms with Gasteiger partial charge >= 0.3 is 5.97 Å². The Morgan fingerprint density at radius 2 is 1.68 bits per heavy atom. The molecule has 1 amide bonds. The Morgan fingerprint density at radius 3 is 2.29 bits per heavy atom. The van der Waals surface area contributed by atoms with E-state index < -0.39 is 11.9 Å². The summed E-state index contributed by atoms with van der Waals surface area (Å²) < 4.78 is 7.00. The van der Waals surface area contributed by atoms with Crippen molar-refractivity contribution in [3.05, 3.63) is 86.3 Å². The molecule has 0 fully saturated rings. The van der Waals surface area contributed by atoms with Crippen molar-refractivity contribution in [3.8, 4) is 17.2 Å². The van der Waals surface area contributed by atoms with Crippen LogP contribution in [0.5, 0.6) is 17.2 Å². The van der Waals surface area contributed by atoms with Gasteiger partial charge in [0.15, 0.2) is 5.75 Å². The van der Waals surface area contributed by atoms with Crippen molar-refractivity contribution in [2.45, 2.75) is 19.4 Å². The van der Waals surface area contributed by atoms with Gasteiger partial charge in [0, 0.05) is 0 Å². The van der Waals surface area contributed by atoms with Gasteiger partial charge in [0.25, 0.3) is 5.91 Å². The quantitative estimate of drug-likeness (QED) is 0.345. The Morgan fingerprint density at radius 1 is 1.03 bits per heavy atom. The van der Waals surface area contributed by atoms with Gasteiger partial charge in [-0.15, -0.1) is 0 Å². The highest BCUT2D eigenvalue weighted by molar-refractivity contribution is 9.11. The molecule has 0 aliphatic heterocycles. The molecule has 6 nitrogen and oxygen atoms in total. The van der Waals surface area contributed by atoms with Crippen molar-refractivity contribution in [1.82, 2.24) is 5.32 Å². The number of hydrogen-bond acceptors (Lipinski definition) is 4. The van der Waals surface area contributed by atoms with E-state index in [1.807, 2.05) is 37.3 Å². The average Bonchev–Trinajstić information content (AvgIpc) is 2.72. The molecular weight excluding hydrogens is 530 g/mol. The molecule has 0 spiro atoms. The van der Waals surface area contributed by atoms with Crippen molar-refractivity contribution in [3.63, 3.8) is 0 Å². The molecule has 3 aromatic rings. The fourth-order valence-corrected chi connectivity index (χ4v) is 4.41. The Hall–Kier alpha value is -2.84. The van der Waals surface area contributed by atoms with E-state index in [9.17, 15) is 14.7 Å². The number of carboxylic acids is 1. The normalized spacial score (nSPS) is 11.6. The van der Waals surface area contributed by atoms with Gasteiger partial charge in [-0.1, -0.05) is 30.3 Å². The molecule has 0 saturated carbocycles. The minimum absolute atomic E-state index is 0.0787. The SMILES string of the molecule is C[C@H](NC(=O)c1cc(Oc2c(Br)cc(CC(=O)O)cc2Br)ccc1O)c1ccccc1. The summed E-state index contributed by atoms with van der Waals surface area (Å²) in [7, 11) is 0. The number of ether oxygens (including phenoxy) is 1. The van der Waals surface area contributed by atoms with Crippen LogP contribution < -0.4 is 10.1 Å². The number of amides is 1. The number of carbonyl (C=O) groups is 2. The third-order valence-electron chi connectivity index (χ3n) is 4.49. The van der Waals surface area contributed by atoms with Gasteiger partial charge in [-0.25, -0.2) is 0 Å². The average molecular weight is 549 g/mol. The van der Waals surface area contributed by atoms with Gasteiger partial charge in [-0.3, -0.25) is 9.59 Å². The highest BCUT2D eigenvalue weighted by Crippen LogP contribution is 2.39. The summed E-state index contributed by atoms with van der Waals surface area (Å²) in [6.45, 7) is 1.86. The number of phenols is 1. The van der Waals surface area contributed by atoms with Crippen LogP contribution in [0, 0.1) is 0 Å². The largest absolute Gasteiger partial charge is 0.507 e. The number of carbonyl (C=O) groups excluding carboxylic acids is 1. The molecule has 0 saturated heterocycles. The fourth-order valence-electron chi connectivity index (χ4n) is 2.96. The monoisotopic (exact) mass is 547 g/mol. The molecule has 0 aromatic heterocycles. The Balaban J connectivity index is 1.81. The third kappa shape index (κ3) is 5.86.